The van der Waals surface area contributed by atoms with E-state index < -0.39 is 5.97 Å². The van der Waals surface area contributed by atoms with Gasteiger partial charge >= 0.3 is 5.97 Å². The molecular weight excluding hydrogens is 208 g/mol. The van der Waals surface area contributed by atoms with E-state index in [1.165, 1.54) is 6.20 Å². The number of hydrogen-bond acceptors (Lipinski definition) is 4. The molecule has 1 heterocycles. The second kappa shape index (κ2) is 3.69. The molecule has 0 atom stereocenters. The standard InChI is InChI=1S/C11H10N2O3/c1-6-2-3-7(4-8(6)11(14)15)9-5-13-16-10(9)12/h2-5H,12H2,1H3,(H,14,15). The average molecular weight is 218 g/mol. The van der Waals surface area contributed by atoms with E-state index in [0.29, 0.717) is 16.7 Å². The lowest BCUT2D eigenvalue weighted by atomic mass is 10.0. The minimum Gasteiger partial charge on any atom is -0.478 e. The Labute approximate surface area is 91.5 Å². The van der Waals surface area contributed by atoms with E-state index in [4.69, 9.17) is 15.4 Å². The first-order valence-electron chi connectivity index (χ1n) is 4.64. The normalized spacial score (nSPS) is 10.3. The molecule has 0 bridgehead atoms. The van der Waals surface area contributed by atoms with E-state index in [1.807, 2.05) is 0 Å². The highest BCUT2D eigenvalue weighted by molar-refractivity contribution is 5.91. The second-order valence-electron chi connectivity index (χ2n) is 3.44. The van der Waals surface area contributed by atoms with Crippen LogP contribution in [0.15, 0.2) is 28.9 Å². The molecule has 2 rings (SSSR count). The van der Waals surface area contributed by atoms with Gasteiger partial charge in [-0.1, -0.05) is 17.3 Å². The maximum atomic E-state index is 11.0. The summed E-state index contributed by atoms with van der Waals surface area (Å²) in [5, 5.41) is 12.5. The van der Waals surface area contributed by atoms with Crippen molar-refractivity contribution in [1.82, 2.24) is 5.16 Å². The van der Waals surface area contributed by atoms with Crippen LogP contribution in [0.1, 0.15) is 15.9 Å². The lowest BCUT2D eigenvalue weighted by Gasteiger charge is -2.03. The molecule has 2 aromatic rings. The highest BCUT2D eigenvalue weighted by Gasteiger charge is 2.12. The van der Waals surface area contributed by atoms with Gasteiger partial charge in [-0.05, 0) is 24.1 Å². The summed E-state index contributed by atoms with van der Waals surface area (Å²) >= 11 is 0. The zero-order chi connectivity index (χ0) is 11.7. The van der Waals surface area contributed by atoms with Gasteiger partial charge in [0.2, 0.25) is 5.88 Å². The topological polar surface area (TPSA) is 89.4 Å². The Kier molecular flexibility index (Phi) is 2.36. The maximum absolute atomic E-state index is 11.0. The van der Waals surface area contributed by atoms with Gasteiger partial charge in [-0.25, -0.2) is 4.79 Å². The van der Waals surface area contributed by atoms with E-state index in [2.05, 4.69) is 5.16 Å². The van der Waals surface area contributed by atoms with Crippen molar-refractivity contribution in [2.45, 2.75) is 6.92 Å². The van der Waals surface area contributed by atoms with Crippen LogP contribution in [-0.2, 0) is 0 Å². The van der Waals surface area contributed by atoms with E-state index >= 15 is 0 Å². The van der Waals surface area contributed by atoms with Crippen molar-refractivity contribution in [1.29, 1.82) is 0 Å². The number of nitrogens with zero attached hydrogens (tertiary/aromatic N) is 1. The first kappa shape index (κ1) is 10.2. The number of aromatic nitrogens is 1. The summed E-state index contributed by atoms with van der Waals surface area (Å²) in [5.41, 5.74) is 7.79. The molecule has 0 radical (unpaired) electrons. The van der Waals surface area contributed by atoms with Crippen molar-refractivity contribution in [2.24, 2.45) is 0 Å². The molecule has 3 N–H and O–H groups in total. The Balaban J connectivity index is 2.56. The van der Waals surface area contributed by atoms with Gasteiger partial charge in [0.25, 0.3) is 0 Å². The van der Waals surface area contributed by atoms with Gasteiger partial charge in [0.1, 0.15) is 0 Å². The summed E-state index contributed by atoms with van der Waals surface area (Å²) in [5.74, 6) is -0.783. The van der Waals surface area contributed by atoms with Crippen molar-refractivity contribution >= 4 is 11.9 Å². The minimum atomic E-state index is -0.964. The van der Waals surface area contributed by atoms with Crippen molar-refractivity contribution in [2.75, 3.05) is 5.73 Å². The molecule has 0 saturated carbocycles. The number of benzene rings is 1. The van der Waals surface area contributed by atoms with Crippen LogP contribution in [-0.4, -0.2) is 16.2 Å². The monoisotopic (exact) mass is 218 g/mol. The fraction of sp³-hybridized carbons (Fsp3) is 0.0909. The Hall–Kier alpha value is -2.30. The molecule has 5 nitrogen and oxygen atoms in total. The Morgan fingerprint density at radius 2 is 2.25 bits per heavy atom. The lowest BCUT2D eigenvalue weighted by molar-refractivity contribution is 0.0696. The third-order valence-corrected chi connectivity index (χ3v) is 2.38. The molecule has 5 heteroatoms. The SMILES string of the molecule is Cc1ccc(-c2cnoc2N)cc1C(=O)O. The van der Waals surface area contributed by atoms with Crippen molar-refractivity contribution in [3.8, 4) is 11.1 Å². The van der Waals surface area contributed by atoms with Gasteiger partial charge in [0.15, 0.2) is 0 Å². The molecular formula is C11H10N2O3. The Morgan fingerprint density at radius 3 is 2.81 bits per heavy atom. The quantitative estimate of drug-likeness (QED) is 0.803. The predicted octanol–water partition coefficient (Wildman–Crippen LogP) is 1.93. The molecule has 0 unspecified atom stereocenters. The number of hydrogen-bond donors (Lipinski definition) is 2. The molecule has 1 aromatic heterocycles. The fourth-order valence-corrected chi connectivity index (χ4v) is 1.49. The lowest BCUT2D eigenvalue weighted by Crippen LogP contribution is -1.99. The van der Waals surface area contributed by atoms with Crippen LogP contribution >= 0.6 is 0 Å². The summed E-state index contributed by atoms with van der Waals surface area (Å²) in [4.78, 5) is 11.0. The molecule has 0 aliphatic rings. The predicted molar refractivity (Wildman–Crippen MR) is 58.0 cm³/mol. The number of carboxylic acids is 1. The van der Waals surface area contributed by atoms with Gasteiger partial charge in [0, 0.05) is 0 Å². The largest absolute Gasteiger partial charge is 0.478 e. The minimum absolute atomic E-state index is 0.181. The van der Waals surface area contributed by atoms with Gasteiger partial charge in [-0.2, -0.15) is 0 Å². The summed E-state index contributed by atoms with van der Waals surface area (Å²) in [6, 6.07) is 5.07. The van der Waals surface area contributed by atoms with Crippen LogP contribution < -0.4 is 5.73 Å². The molecule has 1 aromatic carbocycles. The number of aromatic carboxylic acids is 1. The van der Waals surface area contributed by atoms with E-state index in [1.54, 1.807) is 25.1 Å². The van der Waals surface area contributed by atoms with Crippen LogP contribution in [0.3, 0.4) is 0 Å². The van der Waals surface area contributed by atoms with Crippen molar-refractivity contribution in [3.05, 3.63) is 35.5 Å². The molecule has 0 spiro atoms. The number of aryl methyl sites for hydroxylation is 1. The molecule has 0 amide bonds. The summed E-state index contributed by atoms with van der Waals surface area (Å²) in [6.07, 6.45) is 1.46. The number of carbonyl (C=O) groups is 1. The van der Waals surface area contributed by atoms with Gasteiger partial charge in [-0.15, -0.1) is 0 Å². The Bertz CT molecular complexity index is 546. The molecule has 0 aliphatic carbocycles. The third-order valence-electron chi connectivity index (χ3n) is 2.38. The van der Waals surface area contributed by atoms with Crippen LogP contribution in [0.4, 0.5) is 5.88 Å². The maximum Gasteiger partial charge on any atom is 0.335 e. The molecule has 0 saturated heterocycles. The van der Waals surface area contributed by atoms with Crippen LogP contribution in [0, 0.1) is 6.92 Å². The second-order valence-corrected chi connectivity index (χ2v) is 3.44. The zero-order valence-electron chi connectivity index (χ0n) is 8.60. The van der Waals surface area contributed by atoms with Gasteiger partial charge in [-0.3, -0.25) is 0 Å². The van der Waals surface area contributed by atoms with E-state index in [9.17, 15) is 4.79 Å². The summed E-state index contributed by atoms with van der Waals surface area (Å²) in [7, 11) is 0. The average Bonchev–Trinajstić information content (AvgIpc) is 2.65. The number of nitrogen functional groups attached to an aromatic ring is 1. The smallest absolute Gasteiger partial charge is 0.335 e. The van der Waals surface area contributed by atoms with Crippen LogP contribution in [0.25, 0.3) is 11.1 Å². The zero-order valence-corrected chi connectivity index (χ0v) is 8.60. The van der Waals surface area contributed by atoms with Gasteiger partial charge < -0.3 is 15.4 Å². The highest BCUT2D eigenvalue weighted by atomic mass is 16.5. The van der Waals surface area contributed by atoms with E-state index in [-0.39, 0.29) is 11.4 Å². The summed E-state index contributed by atoms with van der Waals surface area (Å²) < 4.78 is 4.73. The summed E-state index contributed by atoms with van der Waals surface area (Å²) in [6.45, 7) is 1.74. The van der Waals surface area contributed by atoms with Crippen molar-refractivity contribution < 1.29 is 14.4 Å². The molecule has 0 aliphatic heterocycles. The molecule has 82 valence electrons. The number of rotatable bonds is 2. The van der Waals surface area contributed by atoms with Crippen LogP contribution in [0.2, 0.25) is 0 Å². The fourth-order valence-electron chi connectivity index (χ4n) is 1.49. The van der Waals surface area contributed by atoms with Crippen LogP contribution in [0.5, 0.6) is 0 Å². The first-order chi connectivity index (χ1) is 7.59. The van der Waals surface area contributed by atoms with Gasteiger partial charge in [0.05, 0.1) is 17.3 Å². The molecule has 0 fully saturated rings. The third kappa shape index (κ3) is 1.63. The Morgan fingerprint density at radius 1 is 1.50 bits per heavy atom. The number of nitrogens with two attached hydrogens (primary N) is 1. The number of anilines is 1. The van der Waals surface area contributed by atoms with Crippen molar-refractivity contribution in [3.63, 3.8) is 0 Å². The first-order valence-corrected chi connectivity index (χ1v) is 4.64. The van der Waals surface area contributed by atoms with E-state index in [0.717, 1.165) is 0 Å². The highest BCUT2D eigenvalue weighted by Crippen LogP contribution is 2.27. The number of carboxylic acid groups (broad SMARTS) is 1. The molecule has 16 heavy (non-hydrogen) atoms.